The Balaban J connectivity index is 2.33. The predicted octanol–water partition coefficient (Wildman–Crippen LogP) is 1.42. The zero-order chi connectivity index (χ0) is 16.3. The van der Waals surface area contributed by atoms with Crippen molar-refractivity contribution in [3.8, 4) is 5.75 Å². The van der Waals surface area contributed by atoms with E-state index in [0.29, 0.717) is 17.3 Å². The van der Waals surface area contributed by atoms with Gasteiger partial charge in [-0.2, -0.15) is 0 Å². The van der Waals surface area contributed by atoms with Crippen LogP contribution in [0.4, 0.5) is 0 Å². The maximum atomic E-state index is 12.4. The fourth-order valence-corrected chi connectivity index (χ4v) is 3.36. The highest BCUT2D eigenvalue weighted by Gasteiger charge is 2.35. The van der Waals surface area contributed by atoms with E-state index in [1.807, 2.05) is 25.1 Å². The summed E-state index contributed by atoms with van der Waals surface area (Å²) < 4.78 is 5.72. The molecule has 0 unspecified atom stereocenters. The molecule has 1 heterocycles. The Bertz CT molecular complexity index is 657. The summed E-state index contributed by atoms with van der Waals surface area (Å²) in [5, 5.41) is 11.0. The topological polar surface area (TPSA) is 69.7 Å². The van der Waals surface area contributed by atoms with Crippen molar-refractivity contribution in [2.45, 2.75) is 19.9 Å². The molecule has 116 valence electrons. The molecule has 1 aromatic rings. The van der Waals surface area contributed by atoms with Gasteiger partial charge in [0.2, 0.25) is 0 Å². The molecule has 7 heteroatoms. The molecule has 0 spiro atoms. The minimum absolute atomic E-state index is 0.210. The van der Waals surface area contributed by atoms with Gasteiger partial charge in [-0.25, -0.2) is 0 Å². The van der Waals surface area contributed by atoms with Crippen LogP contribution in [0.15, 0.2) is 29.2 Å². The van der Waals surface area contributed by atoms with Crippen LogP contribution in [0.3, 0.4) is 0 Å². The van der Waals surface area contributed by atoms with Crippen LogP contribution in [-0.2, 0) is 9.59 Å². The monoisotopic (exact) mass is 336 g/mol. The number of hydrogen-bond acceptors (Lipinski definition) is 6. The first-order valence-electron chi connectivity index (χ1n) is 6.65. The summed E-state index contributed by atoms with van der Waals surface area (Å²) >= 11 is 6.17. The lowest BCUT2D eigenvalue weighted by Gasteiger charge is -2.23. The third kappa shape index (κ3) is 3.31. The number of ether oxygens (including phenoxy) is 1. The molecule has 1 amide bonds. The highest BCUT2D eigenvalue weighted by atomic mass is 32.2. The first-order chi connectivity index (χ1) is 10.5. The van der Waals surface area contributed by atoms with Gasteiger partial charge >= 0.3 is 0 Å². The highest BCUT2D eigenvalue weighted by Crippen LogP contribution is 2.35. The lowest BCUT2D eigenvalue weighted by molar-refractivity contribution is -0.309. The molecule has 22 heavy (non-hydrogen) atoms. The molecule has 0 N–H and O–H groups in total. The van der Waals surface area contributed by atoms with E-state index in [2.05, 4.69) is 0 Å². The number of carbonyl (C=O) groups excluding carboxylic acids is 2. The second-order valence-electron chi connectivity index (χ2n) is 4.52. The molecule has 1 aliphatic heterocycles. The second kappa shape index (κ2) is 6.93. The molecule has 1 fully saturated rings. The van der Waals surface area contributed by atoms with Gasteiger partial charge in [0.05, 0.1) is 23.5 Å². The van der Waals surface area contributed by atoms with E-state index in [-0.39, 0.29) is 4.32 Å². The van der Waals surface area contributed by atoms with E-state index in [0.717, 1.165) is 22.2 Å². The third-order valence-electron chi connectivity index (χ3n) is 3.06. The molecule has 1 aliphatic rings. The van der Waals surface area contributed by atoms with Crippen LogP contribution >= 0.6 is 24.0 Å². The minimum atomic E-state index is -1.34. The number of rotatable bonds is 5. The van der Waals surface area contributed by atoms with Gasteiger partial charge in [0, 0.05) is 5.56 Å². The van der Waals surface area contributed by atoms with Crippen LogP contribution in [0, 0.1) is 0 Å². The van der Waals surface area contributed by atoms with Crippen LogP contribution in [-0.4, -0.2) is 33.7 Å². The third-order valence-corrected chi connectivity index (χ3v) is 4.39. The molecule has 1 atom stereocenters. The Morgan fingerprint density at radius 3 is 2.82 bits per heavy atom. The summed E-state index contributed by atoms with van der Waals surface area (Å²) in [5.74, 6) is -1.12. The molecule has 0 bridgehead atoms. The maximum absolute atomic E-state index is 12.4. The van der Waals surface area contributed by atoms with Crippen molar-refractivity contribution in [2.24, 2.45) is 0 Å². The summed E-state index contributed by atoms with van der Waals surface area (Å²) in [6.45, 7) is 3.75. The average molecular weight is 336 g/mol. The molecule has 1 saturated heterocycles. The number of carbonyl (C=O) groups is 2. The van der Waals surface area contributed by atoms with Crippen molar-refractivity contribution < 1.29 is 19.4 Å². The smallest absolute Gasteiger partial charge is 0.266 e. The number of benzene rings is 1. The SMILES string of the molecule is CCOc1ccccc1/C=C1/SC(=S)N([C@@H](C)C(=O)[O-])C1=O. The van der Waals surface area contributed by atoms with E-state index >= 15 is 0 Å². The van der Waals surface area contributed by atoms with Crippen molar-refractivity contribution in [2.75, 3.05) is 6.61 Å². The Morgan fingerprint density at radius 2 is 2.18 bits per heavy atom. The normalized spacial score (nSPS) is 17.9. The van der Waals surface area contributed by atoms with Crippen molar-refractivity contribution in [3.05, 3.63) is 34.7 Å². The first-order valence-corrected chi connectivity index (χ1v) is 7.88. The zero-order valence-corrected chi connectivity index (χ0v) is 13.7. The van der Waals surface area contributed by atoms with Crippen LogP contribution in [0.5, 0.6) is 5.75 Å². The molecule has 0 radical (unpaired) electrons. The number of thioether (sulfide) groups is 1. The van der Waals surface area contributed by atoms with Crippen molar-refractivity contribution in [1.82, 2.24) is 4.90 Å². The van der Waals surface area contributed by atoms with Crippen LogP contribution in [0.1, 0.15) is 19.4 Å². The molecular weight excluding hydrogens is 322 g/mol. The van der Waals surface area contributed by atoms with E-state index in [1.54, 1.807) is 12.1 Å². The number of carboxylic acids is 1. The van der Waals surface area contributed by atoms with Gasteiger partial charge in [0.15, 0.2) is 0 Å². The molecule has 5 nitrogen and oxygen atoms in total. The quantitative estimate of drug-likeness (QED) is 0.598. The Morgan fingerprint density at radius 1 is 1.50 bits per heavy atom. The Kier molecular flexibility index (Phi) is 5.20. The van der Waals surface area contributed by atoms with Crippen LogP contribution in [0.2, 0.25) is 0 Å². The van der Waals surface area contributed by atoms with Gasteiger partial charge in [0.25, 0.3) is 5.91 Å². The molecule has 0 saturated carbocycles. The lowest BCUT2D eigenvalue weighted by atomic mass is 10.2. The number of para-hydroxylation sites is 1. The summed E-state index contributed by atoms with van der Waals surface area (Å²) in [6.07, 6.45) is 1.66. The summed E-state index contributed by atoms with van der Waals surface area (Å²) in [5.41, 5.74) is 0.742. The Labute approximate surface area is 137 Å². The maximum Gasteiger partial charge on any atom is 0.266 e. The average Bonchev–Trinajstić information content (AvgIpc) is 2.75. The van der Waals surface area contributed by atoms with Gasteiger partial charge < -0.3 is 14.6 Å². The van der Waals surface area contributed by atoms with Crippen molar-refractivity contribution in [3.63, 3.8) is 0 Å². The van der Waals surface area contributed by atoms with E-state index in [1.165, 1.54) is 6.92 Å². The summed E-state index contributed by atoms with van der Waals surface area (Å²) in [6, 6.07) is 6.20. The fraction of sp³-hybridized carbons (Fsp3) is 0.267. The number of amides is 1. The number of thiocarbonyl (C=S) groups is 1. The fourth-order valence-electron chi connectivity index (χ4n) is 1.95. The molecule has 0 aromatic heterocycles. The van der Waals surface area contributed by atoms with Gasteiger partial charge in [-0.1, -0.05) is 42.2 Å². The van der Waals surface area contributed by atoms with Crippen molar-refractivity contribution in [1.29, 1.82) is 0 Å². The zero-order valence-electron chi connectivity index (χ0n) is 12.1. The number of carboxylic acid groups (broad SMARTS) is 1. The number of aliphatic carboxylic acids is 1. The molecule has 1 aromatic carbocycles. The summed E-state index contributed by atoms with van der Waals surface area (Å²) in [4.78, 5) is 24.7. The number of hydrogen-bond donors (Lipinski definition) is 0. The highest BCUT2D eigenvalue weighted by molar-refractivity contribution is 8.26. The summed E-state index contributed by atoms with van der Waals surface area (Å²) in [7, 11) is 0. The predicted molar refractivity (Wildman–Crippen MR) is 87.1 cm³/mol. The van der Waals surface area contributed by atoms with Crippen molar-refractivity contribution >= 4 is 46.3 Å². The molecule has 2 rings (SSSR count). The first kappa shape index (κ1) is 16.5. The van der Waals surface area contributed by atoms with Gasteiger partial charge in [-0.3, -0.25) is 9.69 Å². The largest absolute Gasteiger partial charge is 0.548 e. The second-order valence-corrected chi connectivity index (χ2v) is 6.19. The van der Waals surface area contributed by atoms with E-state index < -0.39 is 17.9 Å². The van der Waals surface area contributed by atoms with Gasteiger partial charge in [-0.05, 0) is 26.0 Å². The molecular formula is C15H14NO4S2-. The van der Waals surface area contributed by atoms with Gasteiger partial charge in [-0.15, -0.1) is 0 Å². The minimum Gasteiger partial charge on any atom is -0.548 e. The van der Waals surface area contributed by atoms with Crippen LogP contribution < -0.4 is 9.84 Å². The standard InChI is InChI=1S/C15H15NO4S2/c1-3-20-11-7-5-4-6-10(11)8-12-13(17)16(15(21)22-12)9(2)14(18)19/h4-9H,3H2,1-2H3,(H,18,19)/p-1/b12-8+/t9-/m0/s1. The Hall–Kier alpha value is -1.86. The van der Waals surface area contributed by atoms with E-state index in [9.17, 15) is 14.7 Å². The number of nitrogens with zero attached hydrogens (tertiary/aromatic N) is 1. The van der Waals surface area contributed by atoms with E-state index in [4.69, 9.17) is 17.0 Å². The van der Waals surface area contributed by atoms with Gasteiger partial charge in [0.1, 0.15) is 10.1 Å². The lowest BCUT2D eigenvalue weighted by Crippen LogP contribution is -2.48. The molecule has 0 aliphatic carbocycles. The van der Waals surface area contributed by atoms with Crippen LogP contribution in [0.25, 0.3) is 6.08 Å².